The Bertz CT molecular complexity index is 1120. The molecule has 0 aliphatic heterocycles. The summed E-state index contributed by atoms with van der Waals surface area (Å²) in [6.07, 6.45) is 0. The first-order chi connectivity index (χ1) is 13.8. The molecule has 0 bridgehead atoms. The van der Waals surface area contributed by atoms with Crippen LogP contribution in [0.3, 0.4) is 0 Å². The van der Waals surface area contributed by atoms with Gasteiger partial charge in [-0.1, -0.05) is 30.3 Å². The average Bonchev–Trinajstić information content (AvgIpc) is 3.04. The number of hydrogen-bond donors (Lipinski definition) is 2. The first-order valence-corrected chi connectivity index (χ1v) is 10.7. The lowest BCUT2D eigenvalue weighted by Gasteiger charge is -2.13. The predicted molar refractivity (Wildman–Crippen MR) is 115 cm³/mol. The largest absolute Gasteiger partial charge is 0.459 e. The van der Waals surface area contributed by atoms with Crippen LogP contribution >= 0.6 is 0 Å². The maximum Gasteiger partial charge on any atom is 0.242 e. The predicted octanol–water partition coefficient (Wildman–Crippen LogP) is 2.86. The molecule has 0 radical (unpaired) electrons. The van der Waals surface area contributed by atoms with Crippen molar-refractivity contribution in [1.82, 2.24) is 14.9 Å². The van der Waals surface area contributed by atoms with Crippen LogP contribution in [0.2, 0.25) is 0 Å². The van der Waals surface area contributed by atoms with Crippen molar-refractivity contribution in [1.29, 1.82) is 0 Å². The van der Waals surface area contributed by atoms with Gasteiger partial charge in [-0.2, -0.15) is 0 Å². The molecule has 0 spiro atoms. The number of aliphatic imine (C=N–C) groups is 1. The fraction of sp³-hybridized carbons (Fsp3) is 0.286. The van der Waals surface area contributed by atoms with Crippen molar-refractivity contribution in [3.05, 3.63) is 65.4 Å². The summed E-state index contributed by atoms with van der Waals surface area (Å²) in [5.41, 5.74) is 2.93. The standard InChI is InChI=1S/C21H26N4O3S/c1-15-18-7-5-6-8-19(18)28-20(15)14-24-21(22-2)23-13-16-9-11-17(12-10-16)29(26,27)25(3)4/h5-12H,13-14H2,1-4H3,(H2,22,23,24). The lowest BCUT2D eigenvalue weighted by Crippen LogP contribution is -2.36. The third kappa shape index (κ3) is 4.60. The van der Waals surface area contributed by atoms with Crippen LogP contribution < -0.4 is 10.6 Å². The number of nitrogens with zero attached hydrogens (tertiary/aromatic N) is 2. The molecule has 2 aromatic carbocycles. The van der Waals surface area contributed by atoms with Crippen molar-refractivity contribution in [2.45, 2.75) is 24.9 Å². The van der Waals surface area contributed by atoms with Gasteiger partial charge in [0.05, 0.1) is 11.4 Å². The highest BCUT2D eigenvalue weighted by Gasteiger charge is 2.16. The van der Waals surface area contributed by atoms with Gasteiger partial charge in [0.1, 0.15) is 11.3 Å². The summed E-state index contributed by atoms with van der Waals surface area (Å²) < 4.78 is 31.4. The van der Waals surface area contributed by atoms with Crippen molar-refractivity contribution >= 4 is 27.0 Å². The van der Waals surface area contributed by atoms with E-state index in [1.165, 1.54) is 18.4 Å². The Morgan fingerprint density at radius 1 is 1.03 bits per heavy atom. The minimum absolute atomic E-state index is 0.272. The Hall–Kier alpha value is -2.84. The number of guanidine groups is 1. The topological polar surface area (TPSA) is 86.9 Å². The van der Waals surface area contributed by atoms with Crippen molar-refractivity contribution in [3.8, 4) is 0 Å². The quantitative estimate of drug-likeness (QED) is 0.478. The number of aryl methyl sites for hydroxylation is 1. The van der Waals surface area contributed by atoms with Crippen LogP contribution in [0.25, 0.3) is 11.0 Å². The van der Waals surface area contributed by atoms with Crippen molar-refractivity contribution in [2.24, 2.45) is 4.99 Å². The molecule has 3 rings (SSSR count). The van der Waals surface area contributed by atoms with E-state index < -0.39 is 10.0 Å². The van der Waals surface area contributed by atoms with Gasteiger partial charge in [0.25, 0.3) is 0 Å². The number of nitrogens with one attached hydrogen (secondary N) is 2. The Morgan fingerprint density at radius 3 is 2.31 bits per heavy atom. The molecule has 0 unspecified atom stereocenters. The smallest absolute Gasteiger partial charge is 0.242 e. The number of sulfonamides is 1. The van der Waals surface area contributed by atoms with E-state index in [1.54, 1.807) is 31.3 Å². The van der Waals surface area contributed by atoms with Crippen LogP contribution in [0, 0.1) is 6.92 Å². The van der Waals surface area contributed by atoms with Gasteiger partial charge in [-0.05, 0) is 30.7 Å². The van der Waals surface area contributed by atoms with E-state index >= 15 is 0 Å². The maximum atomic E-state index is 12.1. The molecule has 2 N–H and O–H groups in total. The van der Waals surface area contributed by atoms with Crippen molar-refractivity contribution in [3.63, 3.8) is 0 Å². The third-order valence-electron chi connectivity index (χ3n) is 4.74. The fourth-order valence-electron chi connectivity index (χ4n) is 2.95. The van der Waals surface area contributed by atoms with Crippen LogP contribution in [0.5, 0.6) is 0 Å². The summed E-state index contributed by atoms with van der Waals surface area (Å²) in [4.78, 5) is 4.50. The van der Waals surface area contributed by atoms with E-state index in [0.717, 1.165) is 27.9 Å². The highest BCUT2D eigenvalue weighted by Crippen LogP contribution is 2.24. The number of benzene rings is 2. The first kappa shape index (κ1) is 20.9. The van der Waals surface area contributed by atoms with Gasteiger partial charge >= 0.3 is 0 Å². The second-order valence-electron chi connectivity index (χ2n) is 6.86. The average molecular weight is 415 g/mol. The maximum absolute atomic E-state index is 12.1. The van der Waals surface area contributed by atoms with Crippen LogP contribution in [0.15, 0.2) is 62.8 Å². The van der Waals surface area contributed by atoms with E-state index in [2.05, 4.69) is 15.6 Å². The van der Waals surface area contributed by atoms with Crippen molar-refractivity contribution in [2.75, 3.05) is 21.1 Å². The minimum Gasteiger partial charge on any atom is -0.459 e. The molecule has 0 aliphatic rings. The lowest BCUT2D eigenvalue weighted by atomic mass is 10.1. The number of furan rings is 1. The van der Waals surface area contributed by atoms with Gasteiger partial charge in [0, 0.05) is 38.6 Å². The molecule has 0 amide bonds. The highest BCUT2D eigenvalue weighted by atomic mass is 32.2. The molecule has 29 heavy (non-hydrogen) atoms. The number of hydrogen-bond acceptors (Lipinski definition) is 4. The van der Waals surface area contributed by atoms with E-state index in [-0.39, 0.29) is 4.90 Å². The molecule has 0 atom stereocenters. The Labute approximate surface area is 171 Å². The van der Waals surface area contributed by atoms with E-state index in [4.69, 9.17) is 4.42 Å². The number of para-hydroxylation sites is 1. The molecule has 1 aromatic heterocycles. The first-order valence-electron chi connectivity index (χ1n) is 9.26. The van der Waals surface area contributed by atoms with Crippen LogP contribution in [-0.4, -0.2) is 39.8 Å². The summed E-state index contributed by atoms with van der Waals surface area (Å²) in [7, 11) is 1.32. The van der Waals surface area contributed by atoms with E-state index in [0.29, 0.717) is 19.0 Å². The summed E-state index contributed by atoms with van der Waals surface area (Å²) in [5.74, 6) is 1.50. The minimum atomic E-state index is -3.42. The summed E-state index contributed by atoms with van der Waals surface area (Å²) in [6.45, 7) is 3.07. The van der Waals surface area contributed by atoms with Crippen molar-refractivity contribution < 1.29 is 12.8 Å². The van der Waals surface area contributed by atoms with Gasteiger partial charge in [-0.15, -0.1) is 0 Å². The number of fused-ring (bicyclic) bond motifs is 1. The monoisotopic (exact) mass is 414 g/mol. The van der Waals surface area contributed by atoms with Crippen LogP contribution in [0.4, 0.5) is 0 Å². The van der Waals surface area contributed by atoms with E-state index in [1.807, 2.05) is 31.2 Å². The van der Waals surface area contributed by atoms with Gasteiger partial charge in [-0.3, -0.25) is 4.99 Å². The molecule has 1 heterocycles. The Kier molecular flexibility index (Phi) is 6.24. The van der Waals surface area contributed by atoms with Gasteiger partial charge < -0.3 is 15.1 Å². The molecular weight excluding hydrogens is 388 g/mol. The van der Waals surface area contributed by atoms with Gasteiger partial charge in [0.2, 0.25) is 10.0 Å². The zero-order valence-corrected chi connectivity index (χ0v) is 17.9. The molecule has 0 aliphatic carbocycles. The van der Waals surface area contributed by atoms with E-state index in [9.17, 15) is 8.42 Å². The Morgan fingerprint density at radius 2 is 1.69 bits per heavy atom. The third-order valence-corrected chi connectivity index (χ3v) is 6.57. The van der Waals surface area contributed by atoms with Crippen LogP contribution in [-0.2, 0) is 23.1 Å². The summed E-state index contributed by atoms with van der Waals surface area (Å²) in [5, 5.41) is 7.59. The molecule has 0 saturated heterocycles. The molecule has 8 heteroatoms. The zero-order valence-electron chi connectivity index (χ0n) is 17.1. The lowest BCUT2D eigenvalue weighted by molar-refractivity contribution is 0.520. The fourth-order valence-corrected chi connectivity index (χ4v) is 3.86. The number of rotatable bonds is 6. The Balaban J connectivity index is 1.60. The van der Waals surface area contributed by atoms with Crippen LogP contribution in [0.1, 0.15) is 16.9 Å². The summed E-state index contributed by atoms with van der Waals surface area (Å²) in [6, 6.07) is 14.8. The molecular formula is C21H26N4O3S. The SMILES string of the molecule is CN=C(NCc1ccc(S(=O)(=O)N(C)C)cc1)NCc1oc2ccccc2c1C. The molecule has 0 saturated carbocycles. The molecule has 0 fully saturated rings. The summed E-state index contributed by atoms with van der Waals surface area (Å²) >= 11 is 0. The van der Waals surface area contributed by atoms with Gasteiger partial charge in [0.15, 0.2) is 5.96 Å². The highest BCUT2D eigenvalue weighted by molar-refractivity contribution is 7.89. The molecule has 154 valence electrons. The second kappa shape index (κ2) is 8.67. The second-order valence-corrected chi connectivity index (χ2v) is 9.01. The van der Waals surface area contributed by atoms with Gasteiger partial charge in [-0.25, -0.2) is 12.7 Å². The zero-order chi connectivity index (χ0) is 21.0. The molecule has 7 nitrogen and oxygen atoms in total. The normalized spacial score (nSPS) is 12.5. The molecule has 3 aromatic rings.